The molecule has 0 saturated heterocycles. The number of carbonyl (C=O) groups excluding carboxylic acids is 4. The van der Waals surface area contributed by atoms with Gasteiger partial charge in [-0.3, -0.25) is 19.7 Å². The van der Waals surface area contributed by atoms with Gasteiger partial charge in [-0.15, -0.1) is 0 Å². The van der Waals surface area contributed by atoms with Gasteiger partial charge in [-0.2, -0.15) is 0 Å². The molecule has 0 atom stereocenters. The molecule has 12 nitrogen and oxygen atoms in total. The van der Waals surface area contributed by atoms with Crippen molar-refractivity contribution in [2.24, 2.45) is 21.1 Å². The summed E-state index contributed by atoms with van der Waals surface area (Å²) in [5.41, 5.74) is 2.59. The molecule has 0 saturated carbocycles. The van der Waals surface area contributed by atoms with Crippen molar-refractivity contribution in [2.75, 3.05) is 43.1 Å². The fourth-order valence-corrected chi connectivity index (χ4v) is 3.81. The van der Waals surface area contributed by atoms with Gasteiger partial charge in [0.1, 0.15) is 17.1 Å². The zero-order chi connectivity index (χ0) is 26.4. The van der Waals surface area contributed by atoms with E-state index in [-0.39, 0.29) is 17.7 Å². The number of aryl methyl sites for hydroxylation is 3. The number of nitrogens with zero attached hydrogens (tertiary/aromatic N) is 4. The van der Waals surface area contributed by atoms with Gasteiger partial charge in [-0.05, 0) is 32.3 Å². The Morgan fingerprint density at radius 2 is 1.31 bits per heavy atom. The molecule has 0 aliphatic heterocycles. The largest absolute Gasteiger partial charge is 0.359 e. The van der Waals surface area contributed by atoms with Crippen molar-refractivity contribution in [1.29, 1.82) is 0 Å². The summed E-state index contributed by atoms with van der Waals surface area (Å²) in [4.78, 5) is 50.8. The quantitative estimate of drug-likeness (QED) is 0.225. The van der Waals surface area contributed by atoms with E-state index in [2.05, 4.69) is 20.9 Å². The third-order valence-corrected chi connectivity index (χ3v) is 5.61. The number of rotatable bonds is 11. The molecule has 3 rings (SSSR count). The molecule has 3 aromatic rings. The van der Waals surface area contributed by atoms with Crippen molar-refractivity contribution in [3.8, 4) is 0 Å². The van der Waals surface area contributed by atoms with Crippen molar-refractivity contribution in [3.63, 3.8) is 0 Å². The average Bonchev–Trinajstić information content (AvgIpc) is 3.47. The van der Waals surface area contributed by atoms with E-state index >= 15 is 0 Å². The second-order valence-electron chi connectivity index (χ2n) is 8.86. The molecule has 0 bridgehead atoms. The Labute approximate surface area is 209 Å². The Kier molecular flexibility index (Phi) is 8.46. The molecule has 0 fully saturated rings. The number of anilines is 3. The first kappa shape index (κ1) is 26.4. The van der Waals surface area contributed by atoms with Crippen LogP contribution in [0.5, 0.6) is 0 Å². The van der Waals surface area contributed by atoms with Crippen LogP contribution in [0.1, 0.15) is 37.9 Å². The van der Waals surface area contributed by atoms with Crippen LogP contribution in [-0.4, -0.2) is 69.9 Å². The zero-order valence-electron chi connectivity index (χ0n) is 21.2. The van der Waals surface area contributed by atoms with Crippen molar-refractivity contribution < 1.29 is 24.5 Å². The molecule has 0 aliphatic carbocycles. The Bertz CT molecular complexity index is 1270. The van der Waals surface area contributed by atoms with Gasteiger partial charge < -0.3 is 34.6 Å². The lowest BCUT2D eigenvalue weighted by atomic mass is 10.3. The second kappa shape index (κ2) is 11.5. The highest BCUT2D eigenvalue weighted by atomic mass is 16.2. The summed E-state index contributed by atoms with van der Waals surface area (Å²) in [6.07, 6.45) is 6.36. The number of hydrogen-bond donors (Lipinski definition) is 4. The van der Waals surface area contributed by atoms with E-state index in [0.717, 1.165) is 13.0 Å². The van der Waals surface area contributed by atoms with Crippen LogP contribution in [0.4, 0.5) is 17.1 Å². The van der Waals surface area contributed by atoms with Gasteiger partial charge in [-0.25, -0.2) is 4.79 Å². The van der Waals surface area contributed by atoms with Crippen LogP contribution in [0.15, 0.2) is 36.8 Å². The maximum Gasteiger partial charge on any atom is 0.359 e. The molecule has 192 valence electrons. The van der Waals surface area contributed by atoms with Crippen molar-refractivity contribution in [3.05, 3.63) is 53.9 Å². The highest BCUT2D eigenvalue weighted by molar-refractivity contribution is 6.07. The van der Waals surface area contributed by atoms with Crippen LogP contribution >= 0.6 is 0 Å². The fraction of sp³-hybridized carbons (Fsp3) is 0.333. The normalized spacial score (nSPS) is 10.9. The number of aromatic nitrogens is 3. The first-order chi connectivity index (χ1) is 17.1. The minimum atomic E-state index is -0.387. The molecule has 0 aromatic carbocycles. The van der Waals surface area contributed by atoms with E-state index < -0.39 is 0 Å². The molecular weight excluding hydrogens is 464 g/mol. The van der Waals surface area contributed by atoms with Crippen LogP contribution in [-0.2, 0) is 25.9 Å². The lowest BCUT2D eigenvalue weighted by Gasteiger charge is -2.07. The van der Waals surface area contributed by atoms with Gasteiger partial charge in [0.25, 0.3) is 11.8 Å². The molecule has 4 amide bonds. The smallest absolute Gasteiger partial charge is 0.344 e. The maximum absolute atomic E-state index is 12.9. The highest BCUT2D eigenvalue weighted by Crippen LogP contribution is 2.19. The van der Waals surface area contributed by atoms with Crippen molar-refractivity contribution in [2.45, 2.75) is 6.42 Å². The minimum absolute atomic E-state index is 0.0900. The number of amides is 4. The van der Waals surface area contributed by atoms with E-state index in [1.54, 1.807) is 77.0 Å². The first-order valence-electron chi connectivity index (χ1n) is 11.4. The van der Waals surface area contributed by atoms with Crippen molar-refractivity contribution in [1.82, 2.24) is 18.6 Å². The van der Waals surface area contributed by atoms with Crippen LogP contribution < -0.4 is 21.3 Å². The number of quaternary nitrogens is 1. The summed E-state index contributed by atoms with van der Waals surface area (Å²) in [5.74, 6) is -0.858. The van der Waals surface area contributed by atoms with E-state index in [1.807, 2.05) is 14.1 Å². The van der Waals surface area contributed by atoms with Crippen LogP contribution in [0.2, 0.25) is 0 Å². The van der Waals surface area contributed by atoms with Crippen molar-refractivity contribution >= 4 is 41.2 Å². The number of nitrogens with one attached hydrogen (secondary N) is 3. The predicted octanol–water partition coefficient (Wildman–Crippen LogP) is 0.430. The van der Waals surface area contributed by atoms with Gasteiger partial charge >= 0.3 is 5.91 Å². The maximum atomic E-state index is 12.9. The SMILES string of the molecule is CN(C)CCC[NH2+]C(=O)c1cc(NC(=O)c2cc(NC(=O)c3cc(NC=O)cn3C)cn2C)cn1C. The summed E-state index contributed by atoms with van der Waals surface area (Å²) in [6.45, 7) is 1.58. The highest BCUT2D eigenvalue weighted by Gasteiger charge is 2.19. The van der Waals surface area contributed by atoms with E-state index in [4.69, 9.17) is 0 Å². The molecule has 12 heteroatoms. The molecule has 36 heavy (non-hydrogen) atoms. The van der Waals surface area contributed by atoms with Gasteiger partial charge in [-0.1, -0.05) is 0 Å². The van der Waals surface area contributed by atoms with Gasteiger partial charge in [0.2, 0.25) is 6.41 Å². The molecule has 5 N–H and O–H groups in total. The summed E-state index contributed by atoms with van der Waals surface area (Å²) >= 11 is 0. The third-order valence-electron chi connectivity index (χ3n) is 5.61. The van der Waals surface area contributed by atoms with Crippen LogP contribution in [0.3, 0.4) is 0 Å². The second-order valence-corrected chi connectivity index (χ2v) is 8.86. The lowest BCUT2D eigenvalue weighted by molar-refractivity contribution is -0.555. The summed E-state index contributed by atoms with van der Waals surface area (Å²) in [6, 6.07) is 4.76. The standard InChI is InChI=1S/C24H32N8O4/c1-29(2)8-6-7-25-22(34)19-10-17(13-31(19)4)27-24(36)21-11-18(14-32(21)5)28-23(35)20-9-16(26-15-33)12-30(20)3/h9-15H,6-8H2,1-5H3,(H,25,34)(H,26,33)(H,27,36)(H,28,35)/p+1. The minimum Gasteiger partial charge on any atom is -0.344 e. The zero-order valence-corrected chi connectivity index (χ0v) is 21.2. The lowest BCUT2D eigenvalue weighted by Crippen LogP contribution is -2.88. The molecule has 0 unspecified atom stereocenters. The Morgan fingerprint density at radius 1 is 0.833 bits per heavy atom. The number of carbonyl (C=O) groups is 4. The summed E-state index contributed by atoms with van der Waals surface area (Å²) < 4.78 is 4.87. The molecule has 0 radical (unpaired) electrons. The number of primary amides is 1. The molecule has 0 aliphatic rings. The first-order valence-corrected chi connectivity index (χ1v) is 11.4. The predicted molar refractivity (Wildman–Crippen MR) is 136 cm³/mol. The Hall–Kier alpha value is -4.16. The van der Waals surface area contributed by atoms with Crippen LogP contribution in [0, 0.1) is 0 Å². The van der Waals surface area contributed by atoms with E-state index in [9.17, 15) is 19.2 Å². The number of nitrogens with two attached hydrogens (primary N) is 1. The van der Waals surface area contributed by atoms with Gasteiger partial charge in [0.15, 0.2) is 0 Å². The number of hydrogen-bond acceptors (Lipinski definition) is 5. The summed E-state index contributed by atoms with van der Waals surface area (Å²) in [7, 11) is 9.12. The van der Waals surface area contributed by atoms with Crippen LogP contribution in [0.25, 0.3) is 0 Å². The summed E-state index contributed by atoms with van der Waals surface area (Å²) in [5, 5.41) is 9.74. The van der Waals surface area contributed by atoms with E-state index in [0.29, 0.717) is 47.1 Å². The van der Waals surface area contributed by atoms with E-state index in [1.165, 1.54) is 0 Å². The molecule has 3 heterocycles. The fourth-order valence-electron chi connectivity index (χ4n) is 3.81. The average molecular weight is 498 g/mol. The Morgan fingerprint density at radius 3 is 1.83 bits per heavy atom. The molecule has 3 aromatic heterocycles. The Balaban J connectivity index is 1.63. The molecule has 0 spiro atoms. The van der Waals surface area contributed by atoms with Gasteiger partial charge in [0.05, 0.1) is 23.6 Å². The van der Waals surface area contributed by atoms with Gasteiger partial charge in [0, 0.05) is 52.7 Å². The monoisotopic (exact) mass is 497 g/mol. The molecular formula is C24H33N8O4+. The third kappa shape index (κ3) is 6.49. The topological polar surface area (TPSA) is 139 Å².